The van der Waals surface area contributed by atoms with Gasteiger partial charge in [-0.1, -0.05) is 12.1 Å². The molecule has 5 nitrogen and oxygen atoms in total. The molecule has 0 saturated carbocycles. The summed E-state index contributed by atoms with van der Waals surface area (Å²) < 4.78 is 5.31. The molecule has 0 radical (unpaired) electrons. The molecule has 0 bridgehead atoms. The van der Waals surface area contributed by atoms with E-state index < -0.39 is 0 Å². The average Bonchev–Trinajstić information content (AvgIpc) is 2.99. The third kappa shape index (κ3) is 3.94. The van der Waals surface area contributed by atoms with Crippen molar-refractivity contribution in [2.75, 3.05) is 18.8 Å². The predicted molar refractivity (Wildman–Crippen MR) is 75.9 cm³/mol. The number of hydrogen-bond donors (Lipinski definition) is 1. The van der Waals surface area contributed by atoms with Crippen LogP contribution in [0.3, 0.4) is 0 Å². The van der Waals surface area contributed by atoms with Gasteiger partial charge in [-0.05, 0) is 38.5 Å². The molecule has 1 saturated heterocycles. The van der Waals surface area contributed by atoms with Crippen molar-refractivity contribution in [3.05, 3.63) is 11.7 Å². The Bertz CT molecular complexity index is 397. The Morgan fingerprint density at radius 1 is 1.53 bits per heavy atom. The van der Waals surface area contributed by atoms with Crippen LogP contribution in [-0.2, 0) is 6.54 Å². The van der Waals surface area contributed by atoms with Crippen molar-refractivity contribution in [1.82, 2.24) is 15.0 Å². The summed E-state index contributed by atoms with van der Waals surface area (Å²) in [4.78, 5) is 6.73. The summed E-state index contributed by atoms with van der Waals surface area (Å²) in [6, 6.07) is 0. The molecule has 1 aromatic heterocycles. The number of thioether (sulfide) groups is 1. The second-order valence-corrected chi connectivity index (χ2v) is 6.79. The van der Waals surface area contributed by atoms with Gasteiger partial charge in [-0.3, -0.25) is 4.90 Å². The van der Waals surface area contributed by atoms with Crippen molar-refractivity contribution < 1.29 is 9.63 Å². The third-order valence-corrected chi connectivity index (χ3v) is 4.66. The molecule has 1 N–H and O–H groups in total. The van der Waals surface area contributed by atoms with Crippen LogP contribution in [0.2, 0.25) is 0 Å². The van der Waals surface area contributed by atoms with Gasteiger partial charge in [-0.25, -0.2) is 0 Å². The molecule has 0 aliphatic carbocycles. The van der Waals surface area contributed by atoms with Gasteiger partial charge in [-0.2, -0.15) is 16.7 Å². The first-order valence-corrected chi connectivity index (χ1v) is 7.99. The second-order valence-electron chi connectivity index (χ2n) is 5.17. The fourth-order valence-corrected chi connectivity index (χ4v) is 3.16. The molecule has 2 heterocycles. The van der Waals surface area contributed by atoms with Gasteiger partial charge in [0.05, 0.1) is 17.9 Å². The first-order valence-electron chi connectivity index (χ1n) is 6.94. The fourth-order valence-electron chi connectivity index (χ4n) is 2.41. The van der Waals surface area contributed by atoms with Crippen molar-refractivity contribution in [2.24, 2.45) is 5.92 Å². The molecule has 1 aliphatic heterocycles. The zero-order valence-corrected chi connectivity index (χ0v) is 12.7. The summed E-state index contributed by atoms with van der Waals surface area (Å²) >= 11 is 1.81. The van der Waals surface area contributed by atoms with E-state index in [0.717, 1.165) is 31.1 Å². The average molecular weight is 285 g/mol. The van der Waals surface area contributed by atoms with Gasteiger partial charge in [-0.15, -0.1) is 0 Å². The monoisotopic (exact) mass is 285 g/mol. The van der Waals surface area contributed by atoms with E-state index in [0.29, 0.717) is 18.4 Å². The Hall–Kier alpha value is -0.590. The Kier molecular flexibility index (Phi) is 5.24. The minimum atomic E-state index is -0.232. The SMILES string of the molecule is CCSC(C)c1noc(CN2CCC(C(C)O)C2)n1. The van der Waals surface area contributed by atoms with E-state index in [4.69, 9.17) is 4.52 Å². The van der Waals surface area contributed by atoms with Crippen molar-refractivity contribution in [1.29, 1.82) is 0 Å². The van der Waals surface area contributed by atoms with E-state index in [2.05, 4.69) is 28.9 Å². The van der Waals surface area contributed by atoms with E-state index >= 15 is 0 Å². The highest BCUT2D eigenvalue weighted by Gasteiger charge is 2.27. The molecule has 108 valence electrons. The number of aromatic nitrogens is 2. The van der Waals surface area contributed by atoms with Crippen LogP contribution in [0.15, 0.2) is 4.52 Å². The van der Waals surface area contributed by atoms with Crippen LogP contribution in [-0.4, -0.2) is 45.1 Å². The highest BCUT2D eigenvalue weighted by atomic mass is 32.2. The highest BCUT2D eigenvalue weighted by Crippen LogP contribution is 2.26. The number of aliphatic hydroxyl groups excluding tert-OH is 1. The van der Waals surface area contributed by atoms with E-state index in [1.54, 1.807) is 0 Å². The topological polar surface area (TPSA) is 62.4 Å². The summed E-state index contributed by atoms with van der Waals surface area (Å²) in [6.45, 7) is 8.69. The normalized spacial score (nSPS) is 23.7. The summed E-state index contributed by atoms with van der Waals surface area (Å²) in [7, 11) is 0. The molecule has 6 heteroatoms. The number of likely N-dealkylation sites (tertiary alicyclic amines) is 1. The van der Waals surface area contributed by atoms with Gasteiger partial charge in [0.2, 0.25) is 5.89 Å². The zero-order valence-electron chi connectivity index (χ0n) is 11.9. The Morgan fingerprint density at radius 3 is 2.95 bits per heavy atom. The van der Waals surface area contributed by atoms with Crippen LogP contribution in [0.25, 0.3) is 0 Å². The molecule has 1 fully saturated rings. The highest BCUT2D eigenvalue weighted by molar-refractivity contribution is 7.99. The molecule has 2 rings (SSSR count). The van der Waals surface area contributed by atoms with Gasteiger partial charge >= 0.3 is 0 Å². The lowest BCUT2D eigenvalue weighted by atomic mass is 10.0. The Morgan fingerprint density at radius 2 is 2.32 bits per heavy atom. The molecule has 1 aromatic rings. The number of hydrogen-bond acceptors (Lipinski definition) is 6. The number of nitrogens with zero attached hydrogens (tertiary/aromatic N) is 3. The van der Waals surface area contributed by atoms with E-state index in [9.17, 15) is 5.11 Å². The Labute approximate surface area is 118 Å². The van der Waals surface area contributed by atoms with E-state index in [1.165, 1.54) is 0 Å². The Balaban J connectivity index is 1.87. The summed E-state index contributed by atoms with van der Waals surface area (Å²) in [5.41, 5.74) is 0. The van der Waals surface area contributed by atoms with Crippen LogP contribution in [0.1, 0.15) is 44.2 Å². The summed E-state index contributed by atoms with van der Waals surface area (Å²) in [6.07, 6.45) is 0.810. The lowest BCUT2D eigenvalue weighted by Gasteiger charge is -2.15. The van der Waals surface area contributed by atoms with Gasteiger partial charge in [0.15, 0.2) is 5.82 Å². The molecule has 3 atom stereocenters. The van der Waals surface area contributed by atoms with Crippen LogP contribution < -0.4 is 0 Å². The van der Waals surface area contributed by atoms with Crippen molar-refractivity contribution in [2.45, 2.75) is 45.1 Å². The first kappa shape index (κ1) is 14.8. The van der Waals surface area contributed by atoms with Crippen LogP contribution in [0.4, 0.5) is 0 Å². The van der Waals surface area contributed by atoms with E-state index in [1.807, 2.05) is 18.7 Å². The molecule has 0 aromatic carbocycles. The zero-order chi connectivity index (χ0) is 13.8. The minimum Gasteiger partial charge on any atom is -0.393 e. The van der Waals surface area contributed by atoms with Crippen molar-refractivity contribution in [3.63, 3.8) is 0 Å². The molecule has 0 amide bonds. The molecule has 3 unspecified atom stereocenters. The van der Waals surface area contributed by atoms with Gasteiger partial charge in [0.1, 0.15) is 0 Å². The number of aliphatic hydroxyl groups is 1. The maximum Gasteiger partial charge on any atom is 0.240 e. The number of rotatable bonds is 6. The van der Waals surface area contributed by atoms with Crippen LogP contribution in [0.5, 0.6) is 0 Å². The standard InChI is InChI=1S/C13H23N3O2S/c1-4-19-10(3)13-14-12(18-15-13)8-16-6-5-11(7-16)9(2)17/h9-11,17H,4-8H2,1-3H3. The largest absolute Gasteiger partial charge is 0.393 e. The first-order chi connectivity index (χ1) is 9.10. The van der Waals surface area contributed by atoms with Gasteiger partial charge < -0.3 is 9.63 Å². The quantitative estimate of drug-likeness (QED) is 0.863. The van der Waals surface area contributed by atoms with Crippen LogP contribution in [0, 0.1) is 5.92 Å². The van der Waals surface area contributed by atoms with Crippen LogP contribution >= 0.6 is 11.8 Å². The molecule has 19 heavy (non-hydrogen) atoms. The van der Waals surface area contributed by atoms with E-state index in [-0.39, 0.29) is 11.4 Å². The molecule has 1 aliphatic rings. The summed E-state index contributed by atoms with van der Waals surface area (Å²) in [5.74, 6) is 2.89. The van der Waals surface area contributed by atoms with Gasteiger partial charge in [0.25, 0.3) is 0 Å². The lowest BCUT2D eigenvalue weighted by Crippen LogP contribution is -2.24. The van der Waals surface area contributed by atoms with Gasteiger partial charge in [0, 0.05) is 6.54 Å². The maximum atomic E-state index is 9.59. The van der Waals surface area contributed by atoms with Crippen molar-refractivity contribution >= 4 is 11.8 Å². The maximum absolute atomic E-state index is 9.59. The molecular formula is C13H23N3O2S. The smallest absolute Gasteiger partial charge is 0.240 e. The second kappa shape index (κ2) is 6.72. The fraction of sp³-hybridized carbons (Fsp3) is 0.846. The third-order valence-electron chi connectivity index (χ3n) is 3.61. The minimum absolute atomic E-state index is 0.232. The summed E-state index contributed by atoms with van der Waals surface area (Å²) in [5, 5.41) is 13.9. The lowest BCUT2D eigenvalue weighted by molar-refractivity contribution is 0.125. The molecule has 0 spiro atoms. The van der Waals surface area contributed by atoms with Crippen molar-refractivity contribution in [3.8, 4) is 0 Å². The molecular weight excluding hydrogens is 262 g/mol. The predicted octanol–water partition coefficient (Wildman–Crippen LogP) is 2.09.